The molecule has 7 N–H and O–H groups in total. The van der Waals surface area contributed by atoms with Gasteiger partial charge in [-0.05, 0) is 31.6 Å². The summed E-state index contributed by atoms with van der Waals surface area (Å²) in [6.07, 6.45) is -3.52. The SMILES string of the molecule is C[C@H]1c2cccc(O)c2C(=O)C2C(O)[C@]3(O)C(O)=C(C(N)=O)C(=O)[C@@H](N(C)C)[C@@H]3[C@@H](O)[C@@H]21. The van der Waals surface area contributed by atoms with Gasteiger partial charge in [-0.25, -0.2) is 0 Å². The van der Waals surface area contributed by atoms with Crippen molar-refractivity contribution in [2.45, 2.75) is 36.7 Å². The molecule has 1 saturated carbocycles. The summed E-state index contributed by atoms with van der Waals surface area (Å²) in [4.78, 5) is 39.8. The van der Waals surface area contributed by atoms with Crippen LogP contribution < -0.4 is 5.73 Å². The van der Waals surface area contributed by atoms with E-state index >= 15 is 0 Å². The molecule has 0 aromatic heterocycles. The quantitative estimate of drug-likeness (QED) is 0.305. The van der Waals surface area contributed by atoms with E-state index < -0.39 is 76.3 Å². The van der Waals surface area contributed by atoms with Crippen molar-refractivity contribution in [3.63, 3.8) is 0 Å². The Hall–Kier alpha value is -2.79. The lowest BCUT2D eigenvalue weighted by Crippen LogP contribution is -2.74. The fraction of sp³-hybridized carbons (Fsp3) is 0.500. The number of aromatic hydroxyl groups is 1. The van der Waals surface area contributed by atoms with Crippen molar-refractivity contribution in [3.8, 4) is 5.75 Å². The molecule has 0 radical (unpaired) electrons. The number of ketones is 2. The van der Waals surface area contributed by atoms with Gasteiger partial charge in [0.05, 0.1) is 23.6 Å². The number of nitrogens with zero attached hydrogens (tertiary/aromatic N) is 1. The molecule has 3 aliphatic carbocycles. The van der Waals surface area contributed by atoms with Gasteiger partial charge in [0.15, 0.2) is 17.2 Å². The van der Waals surface area contributed by atoms with Gasteiger partial charge in [0, 0.05) is 11.8 Å². The van der Waals surface area contributed by atoms with E-state index in [1.54, 1.807) is 19.1 Å². The molecule has 0 heterocycles. The molecule has 0 aliphatic heterocycles. The van der Waals surface area contributed by atoms with Crippen molar-refractivity contribution in [2.75, 3.05) is 14.1 Å². The molecule has 10 heteroatoms. The highest BCUT2D eigenvalue weighted by atomic mass is 16.4. The van der Waals surface area contributed by atoms with Gasteiger partial charge in [-0.3, -0.25) is 19.3 Å². The Morgan fingerprint density at radius 1 is 1.12 bits per heavy atom. The number of phenolic OH excluding ortho intramolecular Hbond substituents is 1. The van der Waals surface area contributed by atoms with Crippen molar-refractivity contribution in [1.82, 2.24) is 4.90 Å². The number of carbonyl (C=O) groups excluding carboxylic acids is 3. The van der Waals surface area contributed by atoms with Crippen LogP contribution in [0.5, 0.6) is 5.75 Å². The number of aliphatic hydroxyl groups is 4. The van der Waals surface area contributed by atoms with Crippen LogP contribution >= 0.6 is 0 Å². The van der Waals surface area contributed by atoms with Crippen molar-refractivity contribution >= 4 is 17.5 Å². The van der Waals surface area contributed by atoms with E-state index in [9.17, 15) is 39.9 Å². The average Bonchev–Trinajstić information content (AvgIpc) is 2.70. The number of benzene rings is 1. The minimum atomic E-state index is -2.70. The molecular formula is C22H26N2O8. The summed E-state index contributed by atoms with van der Waals surface area (Å²) in [5, 5.41) is 55.4. The maximum Gasteiger partial charge on any atom is 0.255 e. The number of hydrogen-bond acceptors (Lipinski definition) is 9. The molecule has 8 atom stereocenters. The highest BCUT2D eigenvalue weighted by Crippen LogP contribution is 2.56. The van der Waals surface area contributed by atoms with E-state index in [1.807, 2.05) is 0 Å². The molecule has 1 aromatic carbocycles. The number of Topliss-reactive ketones (excluding diaryl/α,β-unsaturated/α-hetero) is 2. The number of rotatable bonds is 2. The molecule has 32 heavy (non-hydrogen) atoms. The van der Waals surface area contributed by atoms with E-state index in [-0.39, 0.29) is 11.3 Å². The third kappa shape index (κ3) is 2.57. The molecular weight excluding hydrogens is 420 g/mol. The van der Waals surface area contributed by atoms with Crippen LogP contribution in [0.4, 0.5) is 0 Å². The minimum Gasteiger partial charge on any atom is -0.508 e. The number of hydrogen-bond donors (Lipinski definition) is 6. The molecule has 2 unspecified atom stereocenters. The molecule has 0 bridgehead atoms. The van der Waals surface area contributed by atoms with Crippen LogP contribution in [0, 0.1) is 17.8 Å². The predicted molar refractivity (Wildman–Crippen MR) is 110 cm³/mol. The van der Waals surface area contributed by atoms with Crippen molar-refractivity contribution in [2.24, 2.45) is 23.5 Å². The fourth-order valence-corrected chi connectivity index (χ4v) is 6.05. The van der Waals surface area contributed by atoms with E-state index in [0.29, 0.717) is 5.56 Å². The van der Waals surface area contributed by atoms with Crippen molar-refractivity contribution < 1.29 is 39.9 Å². The zero-order valence-corrected chi connectivity index (χ0v) is 17.8. The Morgan fingerprint density at radius 3 is 2.31 bits per heavy atom. The van der Waals surface area contributed by atoms with Gasteiger partial charge in [-0.2, -0.15) is 0 Å². The third-order valence-electron chi connectivity index (χ3n) is 7.44. The standard InChI is InChI=1S/C22H26N2O8/c1-7-8-5-4-6-9(25)11(8)16(26)12-10(7)17(27)14-15(24(2)3)18(28)13(21(23)31)20(30)22(14,32)19(12)29/h4-7,10,12,14-15,17,19,25,27,29-30,32H,1-3H3,(H2,23,31)/t7-,10+,12?,14+,15-,17-,19?,22-/m0/s1. The molecule has 4 rings (SSSR count). The minimum absolute atomic E-state index is 0.0378. The number of primary amides is 1. The Kier molecular flexibility index (Phi) is 4.98. The largest absolute Gasteiger partial charge is 0.508 e. The monoisotopic (exact) mass is 446 g/mol. The summed E-state index contributed by atoms with van der Waals surface area (Å²) >= 11 is 0. The van der Waals surface area contributed by atoms with Crippen LogP contribution in [0.25, 0.3) is 0 Å². The summed E-state index contributed by atoms with van der Waals surface area (Å²) < 4.78 is 0. The summed E-state index contributed by atoms with van der Waals surface area (Å²) in [7, 11) is 2.97. The van der Waals surface area contributed by atoms with Crippen LogP contribution in [0.2, 0.25) is 0 Å². The van der Waals surface area contributed by atoms with E-state index in [2.05, 4.69) is 0 Å². The zero-order valence-electron chi connectivity index (χ0n) is 17.8. The lowest BCUT2D eigenvalue weighted by molar-refractivity contribution is -0.221. The summed E-state index contributed by atoms with van der Waals surface area (Å²) in [6, 6.07) is 3.19. The van der Waals surface area contributed by atoms with Gasteiger partial charge in [-0.15, -0.1) is 0 Å². The lowest BCUT2D eigenvalue weighted by atomic mass is 9.50. The maximum absolute atomic E-state index is 13.4. The van der Waals surface area contributed by atoms with Gasteiger partial charge in [0.1, 0.15) is 23.2 Å². The number of fused-ring (bicyclic) bond motifs is 3. The van der Waals surface area contributed by atoms with Gasteiger partial charge < -0.3 is 31.3 Å². The number of phenols is 1. The molecule has 0 spiro atoms. The Labute approximate surface area is 183 Å². The van der Waals surface area contributed by atoms with Crippen molar-refractivity contribution in [3.05, 3.63) is 40.7 Å². The van der Waals surface area contributed by atoms with Crippen LogP contribution in [-0.4, -0.2) is 85.9 Å². The van der Waals surface area contributed by atoms with E-state index in [0.717, 1.165) is 0 Å². The fourth-order valence-electron chi connectivity index (χ4n) is 6.05. The Balaban J connectivity index is 1.99. The van der Waals surface area contributed by atoms with Gasteiger partial charge in [-0.1, -0.05) is 19.1 Å². The number of nitrogens with two attached hydrogens (primary N) is 1. The van der Waals surface area contributed by atoms with Crippen LogP contribution in [0.15, 0.2) is 29.5 Å². The van der Waals surface area contributed by atoms with Crippen LogP contribution in [0.3, 0.4) is 0 Å². The highest BCUT2D eigenvalue weighted by molar-refractivity contribution is 6.22. The number of carbonyl (C=O) groups is 3. The molecule has 3 aliphatic rings. The first-order chi connectivity index (χ1) is 14.9. The molecule has 172 valence electrons. The summed E-state index contributed by atoms with van der Waals surface area (Å²) in [6.45, 7) is 1.71. The van der Waals surface area contributed by atoms with E-state index in [4.69, 9.17) is 5.73 Å². The smallest absolute Gasteiger partial charge is 0.255 e. The normalized spacial score (nSPS) is 38.9. The highest BCUT2D eigenvalue weighted by Gasteiger charge is 2.70. The topological polar surface area (TPSA) is 182 Å². The first kappa shape index (κ1) is 22.4. The average molecular weight is 446 g/mol. The summed E-state index contributed by atoms with van der Waals surface area (Å²) in [5.41, 5.74) is 2.13. The van der Waals surface area contributed by atoms with Gasteiger partial charge >= 0.3 is 0 Å². The maximum atomic E-state index is 13.4. The second kappa shape index (κ2) is 7.11. The van der Waals surface area contributed by atoms with Gasteiger partial charge in [0.2, 0.25) is 0 Å². The number of likely N-dealkylation sites (N-methyl/N-ethyl adjacent to an activating group) is 1. The number of amides is 1. The van der Waals surface area contributed by atoms with E-state index in [1.165, 1.54) is 25.1 Å². The zero-order chi connectivity index (χ0) is 23.9. The molecule has 1 amide bonds. The van der Waals surface area contributed by atoms with Gasteiger partial charge in [0.25, 0.3) is 5.91 Å². The molecule has 1 fully saturated rings. The predicted octanol–water partition coefficient (Wildman–Crippen LogP) is -1.18. The Morgan fingerprint density at radius 2 is 1.75 bits per heavy atom. The lowest BCUT2D eigenvalue weighted by Gasteiger charge is -2.58. The van der Waals surface area contributed by atoms with Crippen LogP contribution in [0.1, 0.15) is 28.8 Å². The van der Waals surface area contributed by atoms with Crippen LogP contribution in [-0.2, 0) is 9.59 Å². The first-order valence-electron chi connectivity index (χ1n) is 10.3. The second-order valence-electron chi connectivity index (χ2n) is 9.14. The Bertz CT molecular complexity index is 1070. The molecule has 0 saturated heterocycles. The molecule has 1 aromatic rings. The molecule has 10 nitrogen and oxygen atoms in total. The summed E-state index contributed by atoms with van der Waals surface area (Å²) in [5.74, 6) is -8.75. The van der Waals surface area contributed by atoms with Crippen molar-refractivity contribution in [1.29, 1.82) is 0 Å². The first-order valence-corrected chi connectivity index (χ1v) is 10.3. The second-order valence-corrected chi connectivity index (χ2v) is 9.14. The number of aliphatic hydroxyl groups excluding tert-OH is 3. The third-order valence-corrected chi connectivity index (χ3v) is 7.44.